The second kappa shape index (κ2) is 7.94. The lowest BCUT2D eigenvalue weighted by molar-refractivity contribution is 0.102. The molecule has 4 aromatic rings. The van der Waals surface area contributed by atoms with Gasteiger partial charge in [-0.2, -0.15) is 0 Å². The molecule has 2 aromatic carbocycles. The van der Waals surface area contributed by atoms with Crippen molar-refractivity contribution in [1.82, 2.24) is 24.3 Å². The number of anilines is 1. The van der Waals surface area contributed by atoms with Gasteiger partial charge in [0.2, 0.25) is 0 Å². The van der Waals surface area contributed by atoms with Crippen molar-refractivity contribution in [3.05, 3.63) is 78.6 Å². The van der Waals surface area contributed by atoms with Gasteiger partial charge in [-0.05, 0) is 37.1 Å². The Kier molecular flexibility index (Phi) is 4.85. The number of imidazole rings is 1. The minimum Gasteiger partial charge on any atom is -0.321 e. The molecule has 0 unspecified atom stereocenters. The van der Waals surface area contributed by atoms with Crippen LogP contribution in [-0.4, -0.2) is 30.2 Å². The summed E-state index contributed by atoms with van der Waals surface area (Å²) in [5.74, 6) is 1.69. The third kappa shape index (κ3) is 3.50. The highest BCUT2D eigenvalue weighted by molar-refractivity contribution is 6.03. The molecule has 0 fully saturated rings. The first kappa shape index (κ1) is 18.3. The number of fused-ring (bicyclic) bond motifs is 1. The van der Waals surface area contributed by atoms with Gasteiger partial charge in [-0.25, -0.2) is 4.98 Å². The molecule has 5 rings (SSSR count). The number of benzene rings is 2. The SMILES string of the molecule is O=C(Nc1cccc(-c2nnc3n2CCCCC3)c1)c1cncn1-c1ccccc1. The van der Waals surface area contributed by atoms with Gasteiger partial charge >= 0.3 is 0 Å². The molecule has 0 saturated heterocycles. The molecule has 1 aliphatic heterocycles. The highest BCUT2D eigenvalue weighted by Crippen LogP contribution is 2.25. The molecule has 1 amide bonds. The van der Waals surface area contributed by atoms with E-state index in [2.05, 4.69) is 25.1 Å². The number of aryl methyl sites for hydroxylation is 1. The molecule has 3 heterocycles. The van der Waals surface area contributed by atoms with E-state index in [0.717, 1.165) is 48.7 Å². The van der Waals surface area contributed by atoms with E-state index in [9.17, 15) is 4.79 Å². The van der Waals surface area contributed by atoms with Gasteiger partial charge in [0.25, 0.3) is 5.91 Å². The normalized spacial score (nSPS) is 13.5. The molecular formula is C23H22N6O. The highest BCUT2D eigenvalue weighted by Gasteiger charge is 2.17. The molecule has 1 N–H and O–H groups in total. The summed E-state index contributed by atoms with van der Waals surface area (Å²) in [7, 11) is 0. The van der Waals surface area contributed by atoms with Crippen molar-refractivity contribution >= 4 is 11.6 Å². The number of aromatic nitrogens is 5. The molecular weight excluding hydrogens is 376 g/mol. The molecule has 0 spiro atoms. The van der Waals surface area contributed by atoms with Crippen molar-refractivity contribution in [2.75, 3.05) is 5.32 Å². The fourth-order valence-corrected chi connectivity index (χ4v) is 3.89. The molecule has 150 valence electrons. The Balaban J connectivity index is 1.41. The van der Waals surface area contributed by atoms with Crippen molar-refractivity contribution in [2.24, 2.45) is 0 Å². The Bertz CT molecular complexity index is 1180. The smallest absolute Gasteiger partial charge is 0.274 e. The van der Waals surface area contributed by atoms with Gasteiger partial charge in [-0.3, -0.25) is 9.36 Å². The van der Waals surface area contributed by atoms with E-state index in [1.165, 1.54) is 6.42 Å². The van der Waals surface area contributed by atoms with Gasteiger partial charge in [-0.1, -0.05) is 36.8 Å². The summed E-state index contributed by atoms with van der Waals surface area (Å²) in [6.45, 7) is 0.935. The predicted octanol–water partition coefficient (Wildman–Crippen LogP) is 4.11. The van der Waals surface area contributed by atoms with Crippen LogP contribution in [0.5, 0.6) is 0 Å². The summed E-state index contributed by atoms with van der Waals surface area (Å²) in [6, 6.07) is 17.4. The highest BCUT2D eigenvalue weighted by atomic mass is 16.2. The quantitative estimate of drug-likeness (QED) is 0.561. The number of hydrogen-bond acceptors (Lipinski definition) is 4. The predicted molar refractivity (Wildman–Crippen MR) is 115 cm³/mol. The molecule has 0 saturated carbocycles. The summed E-state index contributed by atoms with van der Waals surface area (Å²) in [5, 5.41) is 11.8. The zero-order valence-corrected chi connectivity index (χ0v) is 16.5. The standard InChI is InChI=1S/C23H22N6O/c30-23(20-15-24-16-29(20)19-10-3-1-4-11-19)25-18-9-7-8-17(14-18)22-27-26-21-12-5-2-6-13-28(21)22/h1,3-4,7-11,14-16H,2,5-6,12-13H2,(H,25,30). The van der Waals surface area contributed by atoms with E-state index < -0.39 is 0 Å². The van der Waals surface area contributed by atoms with Crippen LogP contribution in [-0.2, 0) is 13.0 Å². The van der Waals surface area contributed by atoms with Crippen LogP contribution in [0.1, 0.15) is 35.6 Å². The second-order valence-electron chi connectivity index (χ2n) is 7.42. The number of carbonyl (C=O) groups is 1. The van der Waals surface area contributed by atoms with Crippen LogP contribution in [0.3, 0.4) is 0 Å². The lowest BCUT2D eigenvalue weighted by Crippen LogP contribution is -2.16. The molecule has 1 aliphatic rings. The maximum Gasteiger partial charge on any atom is 0.274 e. The molecule has 0 radical (unpaired) electrons. The maximum absolute atomic E-state index is 12.9. The van der Waals surface area contributed by atoms with Crippen molar-refractivity contribution in [1.29, 1.82) is 0 Å². The van der Waals surface area contributed by atoms with Gasteiger partial charge in [0.15, 0.2) is 5.82 Å². The van der Waals surface area contributed by atoms with Crippen molar-refractivity contribution in [3.63, 3.8) is 0 Å². The number of nitrogens with one attached hydrogen (secondary N) is 1. The summed E-state index contributed by atoms with van der Waals surface area (Å²) < 4.78 is 3.98. The Hall–Kier alpha value is -3.74. The van der Waals surface area contributed by atoms with Crippen molar-refractivity contribution < 1.29 is 4.79 Å². The third-order valence-electron chi connectivity index (χ3n) is 5.39. The molecule has 0 atom stereocenters. The van der Waals surface area contributed by atoms with Gasteiger partial charge in [0.1, 0.15) is 11.5 Å². The van der Waals surface area contributed by atoms with Crippen LogP contribution in [0.2, 0.25) is 0 Å². The van der Waals surface area contributed by atoms with Gasteiger partial charge in [0, 0.05) is 29.9 Å². The number of hydrogen-bond donors (Lipinski definition) is 1. The van der Waals surface area contributed by atoms with E-state index in [1.54, 1.807) is 17.1 Å². The van der Waals surface area contributed by atoms with Crippen LogP contribution in [0.15, 0.2) is 67.1 Å². The average Bonchev–Trinajstić information content (AvgIpc) is 3.36. The zero-order valence-electron chi connectivity index (χ0n) is 16.5. The number of para-hydroxylation sites is 1. The van der Waals surface area contributed by atoms with Crippen molar-refractivity contribution in [3.8, 4) is 17.1 Å². The maximum atomic E-state index is 12.9. The molecule has 2 aromatic heterocycles. The van der Waals surface area contributed by atoms with Crippen LogP contribution in [0.4, 0.5) is 5.69 Å². The fraction of sp³-hybridized carbons (Fsp3) is 0.217. The summed E-state index contributed by atoms with van der Waals surface area (Å²) in [6.07, 6.45) is 7.69. The average molecular weight is 398 g/mol. The Morgan fingerprint density at radius 1 is 0.967 bits per heavy atom. The number of rotatable bonds is 4. The van der Waals surface area contributed by atoms with Gasteiger partial charge in [0.05, 0.1) is 12.5 Å². The van der Waals surface area contributed by atoms with Gasteiger partial charge in [-0.15, -0.1) is 10.2 Å². The van der Waals surface area contributed by atoms with Crippen molar-refractivity contribution in [2.45, 2.75) is 32.2 Å². The van der Waals surface area contributed by atoms with E-state index in [4.69, 9.17) is 0 Å². The monoisotopic (exact) mass is 398 g/mol. The first-order valence-electron chi connectivity index (χ1n) is 10.2. The zero-order chi connectivity index (χ0) is 20.3. The molecule has 30 heavy (non-hydrogen) atoms. The topological polar surface area (TPSA) is 77.6 Å². The molecule has 0 bridgehead atoms. The third-order valence-corrected chi connectivity index (χ3v) is 5.39. The molecule has 0 aliphatic carbocycles. The van der Waals surface area contributed by atoms with Crippen LogP contribution < -0.4 is 5.32 Å². The largest absolute Gasteiger partial charge is 0.321 e. The fourth-order valence-electron chi connectivity index (χ4n) is 3.89. The summed E-state index contributed by atoms with van der Waals surface area (Å²) >= 11 is 0. The van der Waals surface area contributed by atoms with Gasteiger partial charge < -0.3 is 9.88 Å². The second-order valence-corrected chi connectivity index (χ2v) is 7.42. The summed E-state index contributed by atoms with van der Waals surface area (Å²) in [5.41, 5.74) is 3.03. The number of carbonyl (C=O) groups excluding carboxylic acids is 1. The van der Waals surface area contributed by atoms with Crippen LogP contribution >= 0.6 is 0 Å². The Morgan fingerprint density at radius 3 is 2.77 bits per heavy atom. The summed E-state index contributed by atoms with van der Waals surface area (Å²) in [4.78, 5) is 17.1. The van der Waals surface area contributed by atoms with Crippen LogP contribution in [0, 0.1) is 0 Å². The lowest BCUT2D eigenvalue weighted by atomic mass is 10.2. The molecule has 7 nitrogen and oxygen atoms in total. The minimum absolute atomic E-state index is 0.214. The van der Waals surface area contributed by atoms with E-state index in [0.29, 0.717) is 11.4 Å². The number of amides is 1. The molecule has 7 heteroatoms. The van der Waals surface area contributed by atoms with E-state index >= 15 is 0 Å². The van der Waals surface area contributed by atoms with E-state index in [1.807, 2.05) is 54.6 Å². The Labute approximate surface area is 174 Å². The Morgan fingerprint density at radius 2 is 1.87 bits per heavy atom. The minimum atomic E-state index is -0.214. The van der Waals surface area contributed by atoms with Crippen LogP contribution in [0.25, 0.3) is 17.1 Å². The lowest BCUT2D eigenvalue weighted by Gasteiger charge is -2.11. The first-order valence-corrected chi connectivity index (χ1v) is 10.2. The van der Waals surface area contributed by atoms with E-state index in [-0.39, 0.29) is 5.91 Å². The first-order chi connectivity index (χ1) is 14.8. The number of nitrogens with zero attached hydrogens (tertiary/aromatic N) is 5.